The minimum absolute atomic E-state index is 0.113. The zero-order chi connectivity index (χ0) is 20.6. The van der Waals surface area contributed by atoms with E-state index in [2.05, 4.69) is 5.32 Å². The average Bonchev–Trinajstić information content (AvgIpc) is 2.91. The molecule has 0 saturated carbocycles. The Labute approximate surface area is 175 Å². The molecule has 154 valence electrons. The summed E-state index contributed by atoms with van der Waals surface area (Å²) in [5, 5.41) is 5.48. The predicted molar refractivity (Wildman–Crippen MR) is 112 cm³/mol. The predicted octanol–water partition coefficient (Wildman–Crippen LogP) is 2.79. The monoisotopic (exact) mass is 434 g/mol. The normalized spacial score (nSPS) is 19.4. The lowest BCUT2D eigenvalue weighted by Crippen LogP contribution is -2.43. The summed E-state index contributed by atoms with van der Waals surface area (Å²) in [5.41, 5.74) is -0.583. The Morgan fingerprint density at radius 1 is 1.03 bits per heavy atom. The molecule has 6 nitrogen and oxygen atoms in total. The molecule has 2 fully saturated rings. The van der Waals surface area contributed by atoms with Crippen molar-refractivity contribution in [2.24, 2.45) is 5.41 Å². The molecule has 2 aromatic carbocycles. The first-order valence-electron chi connectivity index (χ1n) is 9.78. The summed E-state index contributed by atoms with van der Waals surface area (Å²) in [6.45, 7) is 1.61. The minimum atomic E-state index is -3.51. The smallest absolute Gasteiger partial charge is 0.236 e. The van der Waals surface area contributed by atoms with Gasteiger partial charge in [-0.1, -0.05) is 23.7 Å². The Morgan fingerprint density at radius 2 is 1.72 bits per heavy atom. The number of rotatable bonds is 5. The van der Waals surface area contributed by atoms with Gasteiger partial charge in [0.25, 0.3) is 0 Å². The van der Waals surface area contributed by atoms with E-state index in [4.69, 9.17) is 11.6 Å². The highest BCUT2D eigenvalue weighted by molar-refractivity contribution is 7.91. The van der Waals surface area contributed by atoms with Crippen LogP contribution in [-0.4, -0.2) is 50.5 Å². The Hall–Kier alpha value is -1.96. The summed E-state index contributed by atoms with van der Waals surface area (Å²) in [5.74, 6) is -0.432. The first-order valence-corrected chi connectivity index (χ1v) is 11.8. The molecule has 0 unspecified atom stereocenters. The molecule has 2 heterocycles. The highest BCUT2D eigenvalue weighted by Gasteiger charge is 2.51. The van der Waals surface area contributed by atoms with Crippen molar-refractivity contribution >= 4 is 44.0 Å². The molecule has 1 N–H and O–H groups in total. The Balaban J connectivity index is 1.43. The number of nitrogens with one attached hydrogen (secondary N) is 1. The van der Waals surface area contributed by atoms with Crippen molar-refractivity contribution < 1.29 is 18.0 Å². The summed E-state index contributed by atoms with van der Waals surface area (Å²) in [6, 6.07) is 10.2. The first-order chi connectivity index (χ1) is 13.8. The van der Waals surface area contributed by atoms with Gasteiger partial charge in [-0.25, -0.2) is 8.42 Å². The van der Waals surface area contributed by atoms with Crippen LogP contribution in [0.25, 0.3) is 10.8 Å². The van der Waals surface area contributed by atoms with Gasteiger partial charge in [0.2, 0.25) is 11.8 Å². The van der Waals surface area contributed by atoms with Crippen LogP contribution in [0, 0.1) is 5.41 Å². The third-order valence-electron chi connectivity index (χ3n) is 5.98. The van der Waals surface area contributed by atoms with Crippen LogP contribution in [0.3, 0.4) is 0 Å². The van der Waals surface area contributed by atoms with Gasteiger partial charge in [-0.15, -0.1) is 0 Å². The molecule has 1 spiro atoms. The van der Waals surface area contributed by atoms with Crippen molar-refractivity contribution in [1.29, 1.82) is 0 Å². The van der Waals surface area contributed by atoms with Crippen LogP contribution in [0.4, 0.5) is 0 Å². The second kappa shape index (κ2) is 7.70. The standard InChI is InChI=1S/C21H23ClN2O4S/c22-17-4-2-16-13-18(5-3-15(16)12-17)29(27,28)11-1-10-24-19(25)14-21(20(24)26)6-8-23-9-7-21/h2-5,12-13,23H,1,6-11,14H2. The van der Waals surface area contributed by atoms with Gasteiger partial charge in [-0.3, -0.25) is 14.5 Å². The maximum Gasteiger partial charge on any atom is 0.236 e. The molecule has 0 aliphatic carbocycles. The van der Waals surface area contributed by atoms with E-state index in [-0.39, 0.29) is 41.8 Å². The number of imide groups is 1. The number of piperidine rings is 1. The second-order valence-corrected chi connectivity index (χ2v) is 10.4. The summed E-state index contributed by atoms with van der Waals surface area (Å²) < 4.78 is 25.5. The van der Waals surface area contributed by atoms with Gasteiger partial charge in [0.1, 0.15) is 0 Å². The number of amides is 2. The fourth-order valence-electron chi connectivity index (χ4n) is 4.30. The summed E-state index contributed by atoms with van der Waals surface area (Å²) >= 11 is 5.98. The number of sulfone groups is 1. The van der Waals surface area contributed by atoms with Gasteiger partial charge < -0.3 is 5.32 Å². The molecule has 4 rings (SSSR count). The zero-order valence-corrected chi connectivity index (χ0v) is 17.6. The van der Waals surface area contributed by atoms with Crippen LogP contribution in [0.1, 0.15) is 25.7 Å². The molecule has 29 heavy (non-hydrogen) atoms. The van der Waals surface area contributed by atoms with E-state index in [9.17, 15) is 18.0 Å². The minimum Gasteiger partial charge on any atom is -0.317 e. The summed E-state index contributed by atoms with van der Waals surface area (Å²) in [6.07, 6.45) is 1.79. The number of likely N-dealkylation sites (tertiary alicyclic amines) is 1. The molecule has 2 amide bonds. The number of fused-ring (bicyclic) bond motifs is 1. The fraction of sp³-hybridized carbons (Fsp3) is 0.429. The number of hydrogen-bond donors (Lipinski definition) is 1. The van der Waals surface area contributed by atoms with E-state index in [0.717, 1.165) is 23.9 Å². The maximum absolute atomic E-state index is 12.8. The van der Waals surface area contributed by atoms with Crippen molar-refractivity contribution in [2.75, 3.05) is 25.4 Å². The van der Waals surface area contributed by atoms with Crippen molar-refractivity contribution in [3.63, 3.8) is 0 Å². The van der Waals surface area contributed by atoms with Crippen LogP contribution >= 0.6 is 11.6 Å². The van der Waals surface area contributed by atoms with E-state index in [1.807, 2.05) is 0 Å². The van der Waals surface area contributed by atoms with Crippen LogP contribution < -0.4 is 5.32 Å². The second-order valence-electron chi connectivity index (χ2n) is 7.88. The lowest BCUT2D eigenvalue weighted by Gasteiger charge is -2.31. The van der Waals surface area contributed by atoms with E-state index in [0.29, 0.717) is 17.9 Å². The number of carbonyl (C=O) groups is 2. The van der Waals surface area contributed by atoms with Gasteiger partial charge in [-0.2, -0.15) is 0 Å². The number of hydrogen-bond acceptors (Lipinski definition) is 5. The molecule has 0 atom stereocenters. The largest absolute Gasteiger partial charge is 0.317 e. The molecule has 2 aromatic rings. The van der Waals surface area contributed by atoms with Gasteiger partial charge in [-0.05, 0) is 67.4 Å². The van der Waals surface area contributed by atoms with Crippen LogP contribution in [0.5, 0.6) is 0 Å². The Bertz CT molecular complexity index is 1080. The maximum atomic E-state index is 12.8. The molecule has 2 aliphatic rings. The Kier molecular flexibility index (Phi) is 5.40. The third-order valence-corrected chi connectivity index (χ3v) is 8.01. The van der Waals surface area contributed by atoms with Gasteiger partial charge in [0.15, 0.2) is 9.84 Å². The molecule has 0 aromatic heterocycles. The number of halogens is 1. The lowest BCUT2D eigenvalue weighted by molar-refractivity contribution is -0.142. The van der Waals surface area contributed by atoms with E-state index in [1.165, 1.54) is 4.90 Å². The third kappa shape index (κ3) is 3.91. The quantitative estimate of drug-likeness (QED) is 0.731. The molecule has 2 saturated heterocycles. The Morgan fingerprint density at radius 3 is 2.48 bits per heavy atom. The lowest BCUT2D eigenvalue weighted by atomic mass is 9.77. The van der Waals surface area contributed by atoms with E-state index >= 15 is 0 Å². The highest BCUT2D eigenvalue weighted by Crippen LogP contribution is 2.40. The van der Waals surface area contributed by atoms with Crippen LogP contribution in [-0.2, 0) is 19.4 Å². The van der Waals surface area contributed by atoms with Gasteiger partial charge >= 0.3 is 0 Å². The molecule has 2 aliphatic heterocycles. The molecular weight excluding hydrogens is 412 g/mol. The highest BCUT2D eigenvalue weighted by atomic mass is 35.5. The zero-order valence-electron chi connectivity index (χ0n) is 16.0. The molecule has 0 bridgehead atoms. The van der Waals surface area contributed by atoms with Crippen molar-refractivity contribution in [1.82, 2.24) is 10.2 Å². The molecule has 0 radical (unpaired) electrons. The summed E-state index contributed by atoms with van der Waals surface area (Å²) in [4.78, 5) is 26.7. The number of benzene rings is 2. The topological polar surface area (TPSA) is 83.6 Å². The molecule has 8 heteroatoms. The van der Waals surface area contributed by atoms with Crippen molar-refractivity contribution in [2.45, 2.75) is 30.6 Å². The molecular formula is C21H23ClN2O4S. The number of nitrogens with zero attached hydrogens (tertiary/aromatic N) is 1. The fourth-order valence-corrected chi connectivity index (χ4v) is 5.81. The van der Waals surface area contributed by atoms with Crippen molar-refractivity contribution in [3.05, 3.63) is 41.4 Å². The SMILES string of the molecule is O=C1CC2(CCNCC2)C(=O)N1CCCS(=O)(=O)c1ccc2cc(Cl)ccc2c1. The number of carbonyl (C=O) groups excluding carboxylic acids is 2. The first kappa shape index (κ1) is 20.3. The summed E-state index contributed by atoms with van der Waals surface area (Å²) in [7, 11) is -3.51. The van der Waals surface area contributed by atoms with E-state index in [1.54, 1.807) is 36.4 Å². The van der Waals surface area contributed by atoms with Crippen LogP contribution in [0.15, 0.2) is 41.3 Å². The van der Waals surface area contributed by atoms with E-state index < -0.39 is 15.3 Å². The average molecular weight is 435 g/mol. The van der Waals surface area contributed by atoms with Gasteiger partial charge in [0.05, 0.1) is 16.1 Å². The van der Waals surface area contributed by atoms with Crippen LogP contribution in [0.2, 0.25) is 5.02 Å². The van der Waals surface area contributed by atoms with Crippen molar-refractivity contribution in [3.8, 4) is 0 Å². The van der Waals surface area contributed by atoms with Gasteiger partial charge in [0, 0.05) is 18.0 Å².